The average molecular weight is 327 g/mol. The molecule has 0 aliphatic carbocycles. The van der Waals surface area contributed by atoms with Gasteiger partial charge in [-0.2, -0.15) is 5.26 Å². The van der Waals surface area contributed by atoms with E-state index >= 15 is 0 Å². The van der Waals surface area contributed by atoms with Crippen molar-refractivity contribution < 1.29 is 13.2 Å². The molecule has 0 spiro atoms. The molecule has 23 heavy (non-hydrogen) atoms. The summed E-state index contributed by atoms with van der Waals surface area (Å²) in [6.07, 6.45) is 2.57. The highest BCUT2D eigenvalue weighted by atomic mass is 32.2. The van der Waals surface area contributed by atoms with E-state index in [1.165, 1.54) is 6.07 Å². The van der Waals surface area contributed by atoms with E-state index in [-0.39, 0.29) is 15.9 Å². The maximum Gasteiger partial charge on any atom is 0.207 e. The summed E-state index contributed by atoms with van der Waals surface area (Å²) in [6.45, 7) is 0.634. The van der Waals surface area contributed by atoms with E-state index in [1.54, 1.807) is 42.5 Å². The van der Waals surface area contributed by atoms with Crippen LogP contribution in [0.25, 0.3) is 0 Å². The average Bonchev–Trinajstić information content (AvgIpc) is 2.62. The van der Waals surface area contributed by atoms with Crippen LogP contribution in [0.15, 0.2) is 58.3 Å². The van der Waals surface area contributed by atoms with Gasteiger partial charge in [0, 0.05) is 6.61 Å². The first-order chi connectivity index (χ1) is 11.1. The molecule has 0 amide bonds. The Labute approximate surface area is 136 Å². The molecule has 0 radical (unpaired) electrons. The number of benzene rings is 2. The topological polar surface area (TPSA) is 67.2 Å². The third-order valence-corrected chi connectivity index (χ3v) is 5.84. The quantitative estimate of drug-likeness (QED) is 0.863. The molecular weight excluding hydrogens is 310 g/mol. The van der Waals surface area contributed by atoms with Crippen molar-refractivity contribution in [1.29, 1.82) is 5.26 Å². The van der Waals surface area contributed by atoms with Gasteiger partial charge < -0.3 is 4.74 Å². The summed E-state index contributed by atoms with van der Waals surface area (Å²) in [5, 5.41) is 9.12. The van der Waals surface area contributed by atoms with Crippen molar-refractivity contribution in [1.82, 2.24) is 0 Å². The molecule has 0 bridgehead atoms. The maximum absolute atomic E-state index is 13.0. The second-order valence-corrected chi connectivity index (χ2v) is 7.45. The standard InChI is InChI=1S/C18H17NO3S/c19-13-14-9-10-16(17-8-4-5-11-22-17)18(12-14)23(20,21)15-6-2-1-3-7-15/h1-3,6-7,9-10,12,17H,4-5,8,11H2. The Hall–Kier alpha value is -2.16. The maximum atomic E-state index is 13.0. The van der Waals surface area contributed by atoms with Gasteiger partial charge in [0.2, 0.25) is 9.84 Å². The zero-order valence-corrected chi connectivity index (χ0v) is 13.4. The van der Waals surface area contributed by atoms with Gasteiger partial charge >= 0.3 is 0 Å². The summed E-state index contributed by atoms with van der Waals surface area (Å²) < 4.78 is 31.8. The molecule has 4 nitrogen and oxygen atoms in total. The van der Waals surface area contributed by atoms with Gasteiger partial charge in [0.15, 0.2) is 0 Å². The lowest BCUT2D eigenvalue weighted by molar-refractivity contribution is 0.0132. The summed E-state index contributed by atoms with van der Waals surface area (Å²) in [5.74, 6) is 0. The predicted octanol–water partition coefficient (Wildman–Crippen LogP) is 3.63. The summed E-state index contributed by atoms with van der Waals surface area (Å²) in [4.78, 5) is 0.404. The highest BCUT2D eigenvalue weighted by Crippen LogP contribution is 2.35. The number of nitrogens with zero attached hydrogens (tertiary/aromatic N) is 1. The SMILES string of the molecule is N#Cc1ccc(C2CCCCO2)c(S(=O)(=O)c2ccccc2)c1. The Balaban J connectivity index is 2.14. The van der Waals surface area contributed by atoms with E-state index in [9.17, 15) is 8.42 Å². The van der Waals surface area contributed by atoms with Crippen LogP contribution in [-0.2, 0) is 14.6 Å². The smallest absolute Gasteiger partial charge is 0.207 e. The number of hydrogen-bond acceptors (Lipinski definition) is 4. The van der Waals surface area contributed by atoms with E-state index in [1.807, 2.05) is 6.07 Å². The van der Waals surface area contributed by atoms with Crippen LogP contribution in [0.4, 0.5) is 0 Å². The third kappa shape index (κ3) is 3.14. The van der Waals surface area contributed by atoms with Crippen LogP contribution in [0.1, 0.15) is 36.5 Å². The molecule has 2 aromatic carbocycles. The van der Waals surface area contributed by atoms with Gasteiger partial charge in [-0.1, -0.05) is 24.3 Å². The van der Waals surface area contributed by atoms with Crippen LogP contribution < -0.4 is 0 Å². The van der Waals surface area contributed by atoms with Crippen molar-refractivity contribution in [2.45, 2.75) is 35.2 Å². The summed E-state index contributed by atoms with van der Waals surface area (Å²) >= 11 is 0. The number of ether oxygens (including phenoxy) is 1. The lowest BCUT2D eigenvalue weighted by Crippen LogP contribution is -2.15. The van der Waals surface area contributed by atoms with E-state index in [0.717, 1.165) is 19.3 Å². The summed E-state index contributed by atoms with van der Waals surface area (Å²) in [6, 6.07) is 15.1. The Kier molecular flexibility index (Phi) is 4.46. The van der Waals surface area contributed by atoms with Crippen molar-refractivity contribution in [3.63, 3.8) is 0 Å². The van der Waals surface area contributed by atoms with Crippen LogP contribution in [0, 0.1) is 11.3 Å². The van der Waals surface area contributed by atoms with Crippen molar-refractivity contribution in [3.05, 3.63) is 59.7 Å². The van der Waals surface area contributed by atoms with Gasteiger partial charge in [-0.05, 0) is 49.1 Å². The zero-order valence-electron chi connectivity index (χ0n) is 12.6. The Bertz CT molecular complexity index is 832. The van der Waals surface area contributed by atoms with Gasteiger partial charge in [-0.15, -0.1) is 0 Å². The van der Waals surface area contributed by atoms with Crippen molar-refractivity contribution >= 4 is 9.84 Å². The number of sulfone groups is 1. The van der Waals surface area contributed by atoms with Gasteiger partial charge in [0.25, 0.3) is 0 Å². The highest BCUT2D eigenvalue weighted by molar-refractivity contribution is 7.91. The van der Waals surface area contributed by atoms with Crippen LogP contribution in [0.3, 0.4) is 0 Å². The van der Waals surface area contributed by atoms with Crippen molar-refractivity contribution in [2.24, 2.45) is 0 Å². The zero-order chi connectivity index (χ0) is 16.3. The summed E-state index contributed by atoms with van der Waals surface area (Å²) in [7, 11) is -3.68. The number of rotatable bonds is 3. The first-order valence-electron chi connectivity index (χ1n) is 7.59. The Morgan fingerprint density at radius 1 is 1.09 bits per heavy atom. The lowest BCUT2D eigenvalue weighted by Gasteiger charge is -2.25. The summed E-state index contributed by atoms with van der Waals surface area (Å²) in [5.41, 5.74) is 0.978. The molecule has 118 valence electrons. The predicted molar refractivity (Wildman–Crippen MR) is 85.6 cm³/mol. The van der Waals surface area contributed by atoms with E-state index < -0.39 is 9.84 Å². The molecule has 1 unspecified atom stereocenters. The van der Waals surface area contributed by atoms with E-state index in [2.05, 4.69) is 0 Å². The first kappa shape index (κ1) is 15.7. The molecule has 0 aromatic heterocycles. The van der Waals surface area contributed by atoms with E-state index in [0.29, 0.717) is 17.7 Å². The van der Waals surface area contributed by atoms with Crippen LogP contribution in [0.2, 0.25) is 0 Å². The fraction of sp³-hybridized carbons (Fsp3) is 0.278. The molecule has 0 saturated carbocycles. The van der Waals surface area contributed by atoms with Gasteiger partial charge in [0.1, 0.15) is 0 Å². The molecule has 5 heteroatoms. The van der Waals surface area contributed by atoms with Crippen LogP contribution in [-0.4, -0.2) is 15.0 Å². The molecule has 2 aromatic rings. The number of hydrogen-bond donors (Lipinski definition) is 0. The molecular formula is C18H17NO3S. The lowest BCUT2D eigenvalue weighted by atomic mass is 10.0. The van der Waals surface area contributed by atoms with Gasteiger partial charge in [0.05, 0.1) is 27.5 Å². The molecule has 1 atom stereocenters. The second kappa shape index (κ2) is 6.53. The molecule has 1 heterocycles. The van der Waals surface area contributed by atoms with Crippen LogP contribution in [0.5, 0.6) is 0 Å². The highest BCUT2D eigenvalue weighted by Gasteiger charge is 2.27. The van der Waals surface area contributed by atoms with Crippen molar-refractivity contribution in [3.8, 4) is 6.07 Å². The largest absolute Gasteiger partial charge is 0.373 e. The minimum Gasteiger partial charge on any atom is -0.373 e. The minimum atomic E-state index is -3.68. The van der Waals surface area contributed by atoms with E-state index in [4.69, 9.17) is 10.00 Å². The second-order valence-electron chi connectivity index (χ2n) is 5.54. The molecule has 1 aliphatic heterocycles. The van der Waals surface area contributed by atoms with Crippen molar-refractivity contribution in [2.75, 3.05) is 6.61 Å². The minimum absolute atomic E-state index is 0.176. The normalized spacial score (nSPS) is 18.3. The fourth-order valence-electron chi connectivity index (χ4n) is 2.82. The van der Waals surface area contributed by atoms with Gasteiger partial charge in [-0.25, -0.2) is 8.42 Å². The molecule has 3 rings (SSSR count). The van der Waals surface area contributed by atoms with Gasteiger partial charge in [-0.3, -0.25) is 0 Å². The monoisotopic (exact) mass is 327 g/mol. The van der Waals surface area contributed by atoms with Crippen LogP contribution >= 0.6 is 0 Å². The Morgan fingerprint density at radius 3 is 2.52 bits per heavy atom. The molecule has 1 fully saturated rings. The molecule has 1 saturated heterocycles. The fourth-order valence-corrected chi connectivity index (χ4v) is 4.38. The molecule has 0 N–H and O–H groups in total. The number of nitriles is 1. The first-order valence-corrected chi connectivity index (χ1v) is 9.07. The third-order valence-electron chi connectivity index (χ3n) is 4.01. The molecule has 1 aliphatic rings. The Morgan fingerprint density at radius 2 is 1.87 bits per heavy atom.